The van der Waals surface area contributed by atoms with Gasteiger partial charge in [-0.25, -0.2) is 4.98 Å². The van der Waals surface area contributed by atoms with Gasteiger partial charge in [0.05, 0.1) is 11.0 Å². The predicted molar refractivity (Wildman–Crippen MR) is 121 cm³/mol. The molecule has 0 saturated carbocycles. The van der Waals surface area contributed by atoms with Gasteiger partial charge in [-0.1, -0.05) is 35.9 Å². The number of Topliss-reactive ketones (excluding diaryl/α,β-unsaturated/α-hetero) is 1. The van der Waals surface area contributed by atoms with E-state index in [1.807, 2.05) is 28.8 Å². The van der Waals surface area contributed by atoms with Crippen molar-refractivity contribution in [2.45, 2.75) is 20.1 Å². The second-order valence-electron chi connectivity index (χ2n) is 7.03. The molecule has 1 heterocycles. The topological polar surface area (TPSA) is 73.2 Å². The third-order valence-corrected chi connectivity index (χ3v) is 5.02. The first kappa shape index (κ1) is 20.6. The van der Waals surface area contributed by atoms with Crippen molar-refractivity contribution in [3.8, 4) is 5.75 Å². The minimum absolute atomic E-state index is 0.0571. The number of carbonyl (C=O) groups is 2. The van der Waals surface area contributed by atoms with Gasteiger partial charge in [-0.3, -0.25) is 9.59 Å². The summed E-state index contributed by atoms with van der Waals surface area (Å²) >= 11 is 5.92. The van der Waals surface area contributed by atoms with E-state index in [1.54, 1.807) is 48.5 Å². The van der Waals surface area contributed by atoms with E-state index in [0.29, 0.717) is 27.8 Å². The van der Waals surface area contributed by atoms with Gasteiger partial charge in [0.25, 0.3) is 0 Å². The highest BCUT2D eigenvalue weighted by Gasteiger charge is 2.15. The minimum atomic E-state index is -0.225. The summed E-state index contributed by atoms with van der Waals surface area (Å²) in [6.45, 7) is 1.75. The Labute approximate surface area is 184 Å². The summed E-state index contributed by atoms with van der Waals surface area (Å²) in [4.78, 5) is 29.0. The third-order valence-electron chi connectivity index (χ3n) is 4.77. The lowest BCUT2D eigenvalue weighted by molar-refractivity contribution is -0.116. The van der Waals surface area contributed by atoms with Gasteiger partial charge in [0.1, 0.15) is 24.7 Å². The molecule has 3 aromatic carbocycles. The van der Waals surface area contributed by atoms with Gasteiger partial charge in [0.2, 0.25) is 5.91 Å². The Morgan fingerprint density at radius 3 is 2.58 bits per heavy atom. The summed E-state index contributed by atoms with van der Waals surface area (Å²) in [7, 11) is 0. The van der Waals surface area contributed by atoms with Gasteiger partial charge in [-0.15, -0.1) is 0 Å². The summed E-state index contributed by atoms with van der Waals surface area (Å²) < 4.78 is 7.68. The van der Waals surface area contributed by atoms with Crippen molar-refractivity contribution in [2.24, 2.45) is 0 Å². The molecule has 0 unspecified atom stereocenters. The summed E-state index contributed by atoms with van der Waals surface area (Å²) in [6.07, 6.45) is 0. The van der Waals surface area contributed by atoms with Crippen molar-refractivity contribution in [3.05, 3.63) is 89.2 Å². The number of halogens is 1. The first-order valence-corrected chi connectivity index (χ1v) is 10.1. The van der Waals surface area contributed by atoms with Gasteiger partial charge in [-0.05, 0) is 55.5 Å². The molecule has 0 aliphatic heterocycles. The van der Waals surface area contributed by atoms with Crippen molar-refractivity contribution in [2.75, 3.05) is 5.32 Å². The molecule has 4 aromatic rings. The quantitative estimate of drug-likeness (QED) is 0.411. The number of benzene rings is 3. The Morgan fingerprint density at radius 2 is 1.81 bits per heavy atom. The van der Waals surface area contributed by atoms with Crippen LogP contribution in [0.15, 0.2) is 72.8 Å². The van der Waals surface area contributed by atoms with Gasteiger partial charge >= 0.3 is 0 Å². The number of ketones is 1. The molecular formula is C24H20ClN3O3. The molecule has 1 aromatic heterocycles. The molecule has 6 nitrogen and oxygen atoms in total. The monoisotopic (exact) mass is 433 g/mol. The molecule has 1 amide bonds. The average molecular weight is 434 g/mol. The molecule has 0 atom stereocenters. The number of aromatic nitrogens is 2. The molecule has 1 N–H and O–H groups in total. The Hall–Kier alpha value is -3.64. The maximum Gasteiger partial charge on any atom is 0.244 e. The van der Waals surface area contributed by atoms with Crippen LogP contribution in [0.3, 0.4) is 0 Å². The van der Waals surface area contributed by atoms with Crippen LogP contribution in [0.25, 0.3) is 11.0 Å². The van der Waals surface area contributed by atoms with Crippen molar-refractivity contribution in [3.63, 3.8) is 0 Å². The summed E-state index contributed by atoms with van der Waals surface area (Å²) in [6, 6.07) is 21.5. The molecule has 0 saturated heterocycles. The fourth-order valence-corrected chi connectivity index (χ4v) is 3.38. The fraction of sp³-hybridized carbons (Fsp3) is 0.125. The number of nitrogens with zero attached hydrogens (tertiary/aromatic N) is 2. The number of ether oxygens (including phenoxy) is 1. The molecule has 0 spiro atoms. The molecule has 0 radical (unpaired) electrons. The molecule has 0 fully saturated rings. The van der Waals surface area contributed by atoms with Crippen LogP contribution in [-0.4, -0.2) is 21.2 Å². The molecule has 156 valence electrons. The minimum Gasteiger partial charge on any atom is -0.486 e. The van der Waals surface area contributed by atoms with E-state index in [1.165, 1.54) is 6.92 Å². The predicted octanol–water partition coefficient (Wildman–Crippen LogP) is 5.11. The highest BCUT2D eigenvalue weighted by atomic mass is 35.5. The van der Waals surface area contributed by atoms with E-state index in [2.05, 4.69) is 10.3 Å². The van der Waals surface area contributed by atoms with E-state index < -0.39 is 0 Å². The van der Waals surface area contributed by atoms with Crippen LogP contribution < -0.4 is 10.1 Å². The number of imidazole rings is 1. The van der Waals surface area contributed by atoms with Crippen LogP contribution >= 0.6 is 11.6 Å². The standard InChI is InChI=1S/C24H20ClN3O3/c1-16(29)17-5-4-6-19(13-17)26-24(30)14-28-22-8-3-2-7-21(22)27-23(28)15-31-20-11-9-18(25)10-12-20/h2-13H,14-15H2,1H3,(H,26,30). The normalized spacial score (nSPS) is 10.8. The zero-order valence-electron chi connectivity index (χ0n) is 16.8. The smallest absolute Gasteiger partial charge is 0.244 e. The van der Waals surface area contributed by atoms with Crippen LogP contribution in [0, 0.1) is 0 Å². The number of amides is 1. The number of anilines is 1. The van der Waals surface area contributed by atoms with Gasteiger partial charge in [0, 0.05) is 16.3 Å². The van der Waals surface area contributed by atoms with Crippen LogP contribution in [0.4, 0.5) is 5.69 Å². The van der Waals surface area contributed by atoms with Crippen molar-refractivity contribution >= 4 is 40.0 Å². The summed E-state index contributed by atoms with van der Waals surface area (Å²) in [5, 5.41) is 3.48. The lowest BCUT2D eigenvalue weighted by atomic mass is 10.1. The highest BCUT2D eigenvalue weighted by molar-refractivity contribution is 6.30. The number of fused-ring (bicyclic) bond motifs is 1. The van der Waals surface area contributed by atoms with Crippen LogP contribution in [-0.2, 0) is 17.9 Å². The Balaban J connectivity index is 1.55. The largest absolute Gasteiger partial charge is 0.486 e. The molecule has 7 heteroatoms. The second kappa shape index (κ2) is 9.02. The highest BCUT2D eigenvalue weighted by Crippen LogP contribution is 2.20. The Morgan fingerprint density at radius 1 is 1.03 bits per heavy atom. The average Bonchev–Trinajstić information content (AvgIpc) is 3.11. The van der Waals surface area contributed by atoms with Crippen molar-refractivity contribution in [1.82, 2.24) is 9.55 Å². The lowest BCUT2D eigenvalue weighted by Crippen LogP contribution is -2.21. The van der Waals surface area contributed by atoms with E-state index in [4.69, 9.17) is 16.3 Å². The van der Waals surface area contributed by atoms with Crippen molar-refractivity contribution < 1.29 is 14.3 Å². The Kier molecular flexibility index (Phi) is 6.00. The van der Waals surface area contributed by atoms with E-state index in [-0.39, 0.29) is 24.8 Å². The zero-order chi connectivity index (χ0) is 21.8. The molecule has 31 heavy (non-hydrogen) atoms. The number of carbonyl (C=O) groups excluding carboxylic acids is 2. The van der Waals surface area contributed by atoms with E-state index >= 15 is 0 Å². The van der Waals surface area contributed by atoms with Crippen LogP contribution in [0.1, 0.15) is 23.1 Å². The number of nitrogens with one attached hydrogen (secondary N) is 1. The molecular weight excluding hydrogens is 414 g/mol. The molecule has 4 rings (SSSR count). The summed E-state index contributed by atoms with van der Waals surface area (Å²) in [5.41, 5.74) is 2.73. The Bertz CT molecular complexity index is 1250. The van der Waals surface area contributed by atoms with Gasteiger partial charge < -0.3 is 14.6 Å². The zero-order valence-corrected chi connectivity index (χ0v) is 17.6. The van der Waals surface area contributed by atoms with Crippen LogP contribution in [0.5, 0.6) is 5.75 Å². The fourth-order valence-electron chi connectivity index (χ4n) is 3.25. The van der Waals surface area contributed by atoms with E-state index in [0.717, 1.165) is 11.0 Å². The number of hydrogen-bond acceptors (Lipinski definition) is 4. The number of para-hydroxylation sites is 2. The second-order valence-corrected chi connectivity index (χ2v) is 7.47. The maximum absolute atomic E-state index is 12.8. The molecule has 0 aliphatic carbocycles. The number of rotatable bonds is 7. The first-order chi connectivity index (χ1) is 15.0. The van der Waals surface area contributed by atoms with Gasteiger partial charge in [-0.2, -0.15) is 0 Å². The first-order valence-electron chi connectivity index (χ1n) is 9.73. The third kappa shape index (κ3) is 4.92. The summed E-state index contributed by atoms with van der Waals surface area (Å²) in [5.74, 6) is 1.01. The SMILES string of the molecule is CC(=O)c1cccc(NC(=O)Cn2c(COc3ccc(Cl)cc3)nc3ccccc32)c1. The van der Waals surface area contributed by atoms with Gasteiger partial charge in [0.15, 0.2) is 5.78 Å². The molecule has 0 bridgehead atoms. The lowest BCUT2D eigenvalue weighted by Gasteiger charge is -2.11. The number of hydrogen-bond donors (Lipinski definition) is 1. The van der Waals surface area contributed by atoms with Crippen LogP contribution in [0.2, 0.25) is 5.02 Å². The maximum atomic E-state index is 12.8. The van der Waals surface area contributed by atoms with Crippen molar-refractivity contribution in [1.29, 1.82) is 0 Å². The molecule has 0 aliphatic rings. The van der Waals surface area contributed by atoms with E-state index in [9.17, 15) is 9.59 Å².